The molecule has 5 nitrogen and oxygen atoms in total. The van der Waals surface area contributed by atoms with E-state index < -0.39 is 10.9 Å². The van der Waals surface area contributed by atoms with Gasteiger partial charge in [0.05, 0.1) is 10.5 Å². The van der Waals surface area contributed by atoms with Crippen LogP contribution in [0.3, 0.4) is 0 Å². The second-order valence-corrected chi connectivity index (χ2v) is 5.89. The highest BCUT2D eigenvalue weighted by Gasteiger charge is 2.16. The van der Waals surface area contributed by atoms with Crippen molar-refractivity contribution in [2.75, 3.05) is 0 Å². The number of nitro groups is 1. The van der Waals surface area contributed by atoms with Crippen LogP contribution in [0.25, 0.3) is 0 Å². The molecule has 0 N–H and O–H groups in total. The van der Waals surface area contributed by atoms with Crippen LogP contribution in [0.4, 0.5) is 5.69 Å². The molecule has 23 heavy (non-hydrogen) atoms. The molecule has 0 aliphatic heterocycles. The Morgan fingerprint density at radius 1 is 1.22 bits per heavy atom. The van der Waals surface area contributed by atoms with Crippen LogP contribution in [0.15, 0.2) is 36.4 Å². The van der Waals surface area contributed by atoms with E-state index in [0.29, 0.717) is 10.8 Å². The average molecular weight is 334 g/mol. The highest BCUT2D eigenvalue weighted by molar-refractivity contribution is 6.31. The molecule has 0 aromatic heterocycles. The predicted octanol–water partition coefficient (Wildman–Crippen LogP) is 4.90. The fraction of sp³-hybridized carbons (Fsp3) is 0.235. The average Bonchev–Trinajstić information content (AvgIpc) is 2.50. The van der Waals surface area contributed by atoms with Gasteiger partial charge in [-0.25, -0.2) is 4.79 Å². The predicted molar refractivity (Wildman–Crippen MR) is 88.3 cm³/mol. The standard InChI is InChI=1S/C17H16ClNO4/c1-10(2)14-9-15(18)11(3)8-16(14)23-17(20)12-4-6-13(7-5-12)19(21)22/h4-10H,1-3H3. The minimum atomic E-state index is -0.566. The molecule has 0 fully saturated rings. The molecule has 0 spiro atoms. The molecule has 0 radical (unpaired) electrons. The molecule has 0 aliphatic carbocycles. The van der Waals surface area contributed by atoms with Gasteiger partial charge in [0.15, 0.2) is 0 Å². The van der Waals surface area contributed by atoms with Crippen LogP contribution in [0.5, 0.6) is 5.75 Å². The molecular weight excluding hydrogens is 318 g/mol. The molecule has 0 unspecified atom stereocenters. The van der Waals surface area contributed by atoms with E-state index in [0.717, 1.165) is 11.1 Å². The lowest BCUT2D eigenvalue weighted by Gasteiger charge is -2.14. The van der Waals surface area contributed by atoms with Gasteiger partial charge >= 0.3 is 5.97 Å². The van der Waals surface area contributed by atoms with Gasteiger partial charge < -0.3 is 4.74 Å². The Morgan fingerprint density at radius 3 is 2.35 bits per heavy atom. The van der Waals surface area contributed by atoms with Gasteiger partial charge in [-0.3, -0.25) is 10.1 Å². The van der Waals surface area contributed by atoms with E-state index >= 15 is 0 Å². The van der Waals surface area contributed by atoms with E-state index in [2.05, 4.69) is 0 Å². The number of non-ortho nitro benzene ring substituents is 1. The SMILES string of the molecule is Cc1cc(OC(=O)c2ccc([N+](=O)[O-])cc2)c(C(C)C)cc1Cl. The summed E-state index contributed by atoms with van der Waals surface area (Å²) in [6.45, 7) is 5.78. The second kappa shape index (κ2) is 6.79. The third kappa shape index (κ3) is 3.87. The molecule has 0 saturated carbocycles. The summed E-state index contributed by atoms with van der Waals surface area (Å²) in [7, 11) is 0. The summed E-state index contributed by atoms with van der Waals surface area (Å²) in [5.41, 5.74) is 1.81. The van der Waals surface area contributed by atoms with E-state index in [1.54, 1.807) is 12.1 Å². The Morgan fingerprint density at radius 2 is 1.83 bits per heavy atom. The van der Waals surface area contributed by atoms with E-state index in [-0.39, 0.29) is 17.2 Å². The normalized spacial score (nSPS) is 10.7. The van der Waals surface area contributed by atoms with Crippen molar-refractivity contribution in [3.8, 4) is 5.75 Å². The molecule has 0 amide bonds. The molecule has 0 heterocycles. The van der Waals surface area contributed by atoms with Gasteiger partial charge in [0, 0.05) is 17.2 Å². The largest absolute Gasteiger partial charge is 0.423 e. The zero-order valence-electron chi connectivity index (χ0n) is 13.0. The molecule has 120 valence electrons. The molecule has 0 bridgehead atoms. The van der Waals surface area contributed by atoms with Crippen molar-refractivity contribution in [3.05, 3.63) is 68.2 Å². The summed E-state index contributed by atoms with van der Waals surface area (Å²) in [6, 6.07) is 8.80. The van der Waals surface area contributed by atoms with Gasteiger partial charge in [-0.1, -0.05) is 25.4 Å². The molecule has 0 saturated heterocycles. The minimum Gasteiger partial charge on any atom is -0.423 e. The second-order valence-electron chi connectivity index (χ2n) is 5.49. The number of nitro benzene ring substituents is 1. The van der Waals surface area contributed by atoms with Crippen molar-refractivity contribution in [1.29, 1.82) is 0 Å². The van der Waals surface area contributed by atoms with E-state index in [1.165, 1.54) is 24.3 Å². The number of carbonyl (C=O) groups excluding carboxylic acids is 1. The lowest BCUT2D eigenvalue weighted by atomic mass is 10.0. The first-order chi connectivity index (χ1) is 10.8. The monoisotopic (exact) mass is 333 g/mol. The van der Waals surface area contributed by atoms with Crippen molar-refractivity contribution in [2.45, 2.75) is 26.7 Å². The number of hydrogen-bond donors (Lipinski definition) is 0. The number of carbonyl (C=O) groups is 1. The molecule has 2 rings (SSSR count). The Hall–Kier alpha value is -2.40. The summed E-state index contributed by atoms with van der Waals surface area (Å²) >= 11 is 6.13. The van der Waals surface area contributed by atoms with Crippen LogP contribution in [0.1, 0.15) is 41.3 Å². The first-order valence-corrected chi connectivity index (χ1v) is 7.44. The lowest BCUT2D eigenvalue weighted by Crippen LogP contribution is -2.10. The number of nitrogens with zero attached hydrogens (tertiary/aromatic N) is 1. The summed E-state index contributed by atoms with van der Waals surface area (Å²) in [5.74, 6) is 0.0153. The van der Waals surface area contributed by atoms with Crippen molar-refractivity contribution in [3.63, 3.8) is 0 Å². The Balaban J connectivity index is 2.29. The van der Waals surface area contributed by atoms with Crippen molar-refractivity contribution in [2.24, 2.45) is 0 Å². The van der Waals surface area contributed by atoms with Crippen molar-refractivity contribution in [1.82, 2.24) is 0 Å². The molecule has 0 aliphatic rings. The van der Waals surface area contributed by atoms with Crippen molar-refractivity contribution < 1.29 is 14.5 Å². The molecule has 2 aromatic rings. The van der Waals surface area contributed by atoms with Gasteiger partial charge in [-0.05, 0) is 48.2 Å². The number of ether oxygens (including phenoxy) is 1. The van der Waals surface area contributed by atoms with Gasteiger partial charge in [0.25, 0.3) is 5.69 Å². The Kier molecular flexibility index (Phi) is 5.01. The van der Waals surface area contributed by atoms with Gasteiger partial charge in [-0.15, -0.1) is 0 Å². The van der Waals surface area contributed by atoms with Crippen LogP contribution in [0, 0.1) is 17.0 Å². The fourth-order valence-corrected chi connectivity index (χ4v) is 2.26. The maximum absolute atomic E-state index is 12.2. The minimum absolute atomic E-state index is 0.0771. The summed E-state index contributed by atoms with van der Waals surface area (Å²) in [6.07, 6.45) is 0. The van der Waals surface area contributed by atoms with E-state index in [4.69, 9.17) is 16.3 Å². The number of hydrogen-bond acceptors (Lipinski definition) is 4. The summed E-state index contributed by atoms with van der Waals surface area (Å²) in [4.78, 5) is 22.4. The number of halogens is 1. The molecule has 0 atom stereocenters. The zero-order valence-corrected chi connectivity index (χ0v) is 13.8. The summed E-state index contributed by atoms with van der Waals surface area (Å²) < 4.78 is 5.46. The Bertz CT molecular complexity index is 754. The van der Waals surface area contributed by atoms with Gasteiger partial charge in [-0.2, -0.15) is 0 Å². The smallest absolute Gasteiger partial charge is 0.343 e. The number of aryl methyl sites for hydroxylation is 1. The van der Waals surface area contributed by atoms with Crippen LogP contribution in [-0.4, -0.2) is 10.9 Å². The first kappa shape index (κ1) is 17.0. The van der Waals surface area contributed by atoms with Crippen LogP contribution in [-0.2, 0) is 0 Å². The number of benzene rings is 2. The number of rotatable bonds is 4. The third-order valence-corrected chi connectivity index (χ3v) is 3.84. The van der Waals surface area contributed by atoms with Crippen molar-refractivity contribution >= 4 is 23.3 Å². The van der Waals surface area contributed by atoms with E-state index in [9.17, 15) is 14.9 Å². The highest BCUT2D eigenvalue weighted by atomic mass is 35.5. The lowest BCUT2D eigenvalue weighted by molar-refractivity contribution is -0.384. The maximum Gasteiger partial charge on any atom is 0.343 e. The maximum atomic E-state index is 12.2. The molecule has 2 aromatic carbocycles. The molecule has 6 heteroatoms. The third-order valence-electron chi connectivity index (χ3n) is 3.43. The quantitative estimate of drug-likeness (QED) is 0.345. The van der Waals surface area contributed by atoms with Gasteiger partial charge in [0.1, 0.15) is 5.75 Å². The highest BCUT2D eigenvalue weighted by Crippen LogP contribution is 2.32. The summed E-state index contributed by atoms with van der Waals surface area (Å²) in [5, 5.41) is 11.3. The number of esters is 1. The fourth-order valence-electron chi connectivity index (χ4n) is 2.09. The topological polar surface area (TPSA) is 69.4 Å². The van der Waals surface area contributed by atoms with Crippen LogP contribution in [0.2, 0.25) is 5.02 Å². The first-order valence-electron chi connectivity index (χ1n) is 7.06. The van der Waals surface area contributed by atoms with Crippen LogP contribution >= 0.6 is 11.6 Å². The van der Waals surface area contributed by atoms with E-state index in [1.807, 2.05) is 20.8 Å². The van der Waals surface area contributed by atoms with Crippen LogP contribution < -0.4 is 4.74 Å². The Labute approximate surface area is 139 Å². The van der Waals surface area contributed by atoms with Gasteiger partial charge in [0.2, 0.25) is 0 Å². The zero-order chi connectivity index (χ0) is 17.1. The molecular formula is C17H16ClNO4.